The highest BCUT2D eigenvalue weighted by Gasteiger charge is 2.23. The molecule has 2 aromatic carbocycles. The summed E-state index contributed by atoms with van der Waals surface area (Å²) in [6, 6.07) is 9.56. The average Bonchev–Trinajstić information content (AvgIpc) is 3.13. The largest absolute Gasteiger partial charge is 0.502 e. The number of hydrogen-bond acceptors (Lipinski definition) is 6. The van der Waals surface area contributed by atoms with Crippen LogP contribution in [0.4, 0.5) is 0 Å². The van der Waals surface area contributed by atoms with Gasteiger partial charge in [0.1, 0.15) is 0 Å². The molecule has 3 aromatic rings. The number of imidazole rings is 1. The van der Waals surface area contributed by atoms with E-state index in [1.54, 1.807) is 24.3 Å². The summed E-state index contributed by atoms with van der Waals surface area (Å²) in [5, 5.41) is 10.0. The van der Waals surface area contributed by atoms with Gasteiger partial charge in [0.25, 0.3) is 10.0 Å². The summed E-state index contributed by atoms with van der Waals surface area (Å²) >= 11 is 0. The summed E-state index contributed by atoms with van der Waals surface area (Å²) in [5.74, 6) is 0.323. The molecule has 0 saturated carbocycles. The molecule has 0 aliphatic rings. The second-order valence-corrected chi connectivity index (χ2v) is 7.41. The van der Waals surface area contributed by atoms with E-state index < -0.39 is 10.0 Å². The highest BCUT2D eigenvalue weighted by atomic mass is 32.2. The van der Waals surface area contributed by atoms with Crippen LogP contribution < -0.4 is 9.47 Å². The third kappa shape index (κ3) is 2.99. The van der Waals surface area contributed by atoms with Gasteiger partial charge in [-0.15, -0.1) is 0 Å². The quantitative estimate of drug-likeness (QED) is 0.738. The molecule has 0 spiro atoms. The van der Waals surface area contributed by atoms with Crippen LogP contribution >= 0.6 is 0 Å². The van der Waals surface area contributed by atoms with E-state index in [-0.39, 0.29) is 28.0 Å². The lowest BCUT2D eigenvalue weighted by atomic mass is 10.1. The molecule has 7 nitrogen and oxygen atoms in total. The van der Waals surface area contributed by atoms with Gasteiger partial charge in [0.2, 0.25) is 5.75 Å². The maximum absolute atomic E-state index is 13.0. The molecule has 0 amide bonds. The third-order valence-corrected chi connectivity index (χ3v) is 5.60. The van der Waals surface area contributed by atoms with E-state index in [9.17, 15) is 13.5 Å². The Kier molecular flexibility index (Phi) is 4.60. The van der Waals surface area contributed by atoms with Crippen LogP contribution in [-0.4, -0.2) is 36.7 Å². The van der Waals surface area contributed by atoms with Crippen molar-refractivity contribution in [3.8, 4) is 28.6 Å². The summed E-state index contributed by atoms with van der Waals surface area (Å²) in [4.78, 5) is 4.32. The number of aromatic hydroxyl groups is 1. The van der Waals surface area contributed by atoms with Crippen LogP contribution in [0.25, 0.3) is 11.4 Å². The fourth-order valence-corrected chi connectivity index (χ4v) is 3.84. The Labute approximate surface area is 151 Å². The number of hydrogen-bond donors (Lipinski definition) is 1. The predicted octanol–water partition coefficient (Wildman–Crippen LogP) is 2.82. The number of rotatable bonds is 5. The molecule has 136 valence electrons. The maximum Gasteiger partial charge on any atom is 0.269 e. The van der Waals surface area contributed by atoms with Crippen molar-refractivity contribution in [3.05, 3.63) is 54.4 Å². The minimum Gasteiger partial charge on any atom is -0.502 e. The van der Waals surface area contributed by atoms with Gasteiger partial charge in [0, 0.05) is 18.0 Å². The molecule has 1 aromatic heterocycles. The van der Waals surface area contributed by atoms with E-state index in [1.807, 2.05) is 6.92 Å². The van der Waals surface area contributed by atoms with E-state index in [0.29, 0.717) is 5.56 Å². The first-order valence-electron chi connectivity index (χ1n) is 7.69. The Hall–Kier alpha value is -3.00. The molecule has 0 aliphatic heterocycles. The molecular formula is C18H18N2O5S. The molecule has 1 heterocycles. The zero-order valence-electron chi connectivity index (χ0n) is 14.5. The number of phenols is 1. The third-order valence-electron chi connectivity index (χ3n) is 3.92. The van der Waals surface area contributed by atoms with Crippen molar-refractivity contribution in [3.63, 3.8) is 0 Å². The smallest absolute Gasteiger partial charge is 0.269 e. The Morgan fingerprint density at radius 3 is 2.15 bits per heavy atom. The first-order chi connectivity index (χ1) is 12.4. The van der Waals surface area contributed by atoms with Gasteiger partial charge in [-0.05, 0) is 31.2 Å². The lowest BCUT2D eigenvalue weighted by Gasteiger charge is -2.13. The van der Waals surface area contributed by atoms with Crippen molar-refractivity contribution < 1.29 is 23.0 Å². The molecule has 26 heavy (non-hydrogen) atoms. The molecule has 0 saturated heterocycles. The van der Waals surface area contributed by atoms with Crippen molar-refractivity contribution in [1.82, 2.24) is 8.96 Å². The number of phenolic OH excluding ortho intramolecular Hbond substituents is 1. The summed E-state index contributed by atoms with van der Waals surface area (Å²) in [5.41, 5.74) is 1.39. The predicted molar refractivity (Wildman–Crippen MR) is 96.2 cm³/mol. The molecule has 1 N–H and O–H groups in total. The van der Waals surface area contributed by atoms with Gasteiger partial charge in [0.05, 0.1) is 19.1 Å². The molecule has 0 atom stereocenters. The average molecular weight is 374 g/mol. The monoisotopic (exact) mass is 374 g/mol. The van der Waals surface area contributed by atoms with Crippen LogP contribution in [0.2, 0.25) is 0 Å². The van der Waals surface area contributed by atoms with Crippen molar-refractivity contribution in [2.24, 2.45) is 0 Å². The highest BCUT2D eigenvalue weighted by molar-refractivity contribution is 7.90. The molecule has 0 aliphatic carbocycles. The van der Waals surface area contributed by atoms with Crippen LogP contribution in [0.5, 0.6) is 17.2 Å². The van der Waals surface area contributed by atoms with Crippen molar-refractivity contribution in [2.75, 3.05) is 14.2 Å². The van der Waals surface area contributed by atoms with Gasteiger partial charge in [-0.2, -0.15) is 0 Å². The summed E-state index contributed by atoms with van der Waals surface area (Å²) in [6.45, 7) is 1.88. The number of aryl methyl sites for hydroxylation is 1. The molecule has 0 radical (unpaired) electrons. The number of nitrogens with zero attached hydrogens (tertiary/aromatic N) is 2. The number of ether oxygens (including phenoxy) is 2. The molecule has 8 heteroatoms. The van der Waals surface area contributed by atoms with Crippen LogP contribution in [0.15, 0.2) is 53.7 Å². The summed E-state index contributed by atoms with van der Waals surface area (Å²) < 4.78 is 37.3. The van der Waals surface area contributed by atoms with E-state index in [4.69, 9.17) is 9.47 Å². The Balaban J connectivity index is 2.17. The normalized spacial score (nSPS) is 11.3. The minimum absolute atomic E-state index is 0.153. The molecule has 0 fully saturated rings. The fourth-order valence-electron chi connectivity index (χ4n) is 2.53. The second kappa shape index (κ2) is 6.72. The second-order valence-electron chi connectivity index (χ2n) is 5.59. The SMILES string of the molecule is COc1cc(-c2nccn2S(=O)(=O)c2ccc(C)cc2)cc(OC)c1O. The van der Waals surface area contributed by atoms with Gasteiger partial charge in [-0.25, -0.2) is 17.4 Å². The van der Waals surface area contributed by atoms with E-state index >= 15 is 0 Å². The Morgan fingerprint density at radius 2 is 1.62 bits per heavy atom. The molecular weight excluding hydrogens is 356 g/mol. The Morgan fingerprint density at radius 1 is 1.04 bits per heavy atom. The van der Waals surface area contributed by atoms with Crippen LogP contribution in [0.3, 0.4) is 0 Å². The zero-order chi connectivity index (χ0) is 18.9. The first-order valence-corrected chi connectivity index (χ1v) is 9.13. The molecule has 0 unspecified atom stereocenters. The van der Waals surface area contributed by atoms with Crippen LogP contribution in [-0.2, 0) is 10.0 Å². The first kappa shape index (κ1) is 17.8. The Bertz CT molecular complexity index is 1010. The number of methoxy groups -OCH3 is 2. The number of aromatic nitrogens is 2. The van der Waals surface area contributed by atoms with E-state index in [1.165, 1.54) is 38.7 Å². The van der Waals surface area contributed by atoms with Gasteiger partial charge < -0.3 is 14.6 Å². The van der Waals surface area contributed by atoms with Gasteiger partial charge in [-0.3, -0.25) is 0 Å². The summed E-state index contributed by atoms with van der Waals surface area (Å²) in [7, 11) is -1.04. The topological polar surface area (TPSA) is 90.7 Å². The van der Waals surface area contributed by atoms with Crippen molar-refractivity contribution >= 4 is 10.0 Å². The lowest BCUT2D eigenvalue weighted by Crippen LogP contribution is -2.13. The van der Waals surface area contributed by atoms with Crippen molar-refractivity contribution in [2.45, 2.75) is 11.8 Å². The van der Waals surface area contributed by atoms with Crippen LogP contribution in [0.1, 0.15) is 5.56 Å². The standard InChI is InChI=1S/C18H18N2O5S/c1-12-4-6-14(7-5-12)26(22,23)20-9-8-19-18(20)13-10-15(24-2)17(21)16(11-13)25-3/h4-11,21H,1-3H3. The maximum atomic E-state index is 13.0. The molecule has 3 rings (SSSR count). The van der Waals surface area contributed by atoms with Crippen LogP contribution in [0, 0.1) is 6.92 Å². The van der Waals surface area contributed by atoms with Gasteiger partial charge in [-0.1, -0.05) is 17.7 Å². The van der Waals surface area contributed by atoms with Gasteiger partial charge in [0.15, 0.2) is 17.3 Å². The minimum atomic E-state index is -3.83. The van der Waals surface area contributed by atoms with Crippen molar-refractivity contribution in [1.29, 1.82) is 0 Å². The van der Waals surface area contributed by atoms with E-state index in [2.05, 4.69) is 4.98 Å². The zero-order valence-corrected chi connectivity index (χ0v) is 15.3. The number of benzene rings is 2. The summed E-state index contributed by atoms with van der Waals surface area (Å²) in [6.07, 6.45) is 2.77. The fraction of sp³-hybridized carbons (Fsp3) is 0.167. The van der Waals surface area contributed by atoms with Gasteiger partial charge >= 0.3 is 0 Å². The highest BCUT2D eigenvalue weighted by Crippen LogP contribution is 2.40. The lowest BCUT2D eigenvalue weighted by molar-refractivity contribution is 0.340. The van der Waals surface area contributed by atoms with E-state index in [0.717, 1.165) is 9.54 Å². The molecule has 0 bridgehead atoms.